The van der Waals surface area contributed by atoms with Crippen molar-refractivity contribution in [2.75, 3.05) is 0 Å². The quantitative estimate of drug-likeness (QED) is 0.727. The Hall–Kier alpha value is -0.610. The molecule has 0 spiro atoms. The molecule has 2 rings (SSSR count). The van der Waals surface area contributed by atoms with Crippen LogP contribution in [0.15, 0.2) is 16.6 Å². The molecule has 5 heteroatoms. The summed E-state index contributed by atoms with van der Waals surface area (Å²) >= 11 is 9.14. The van der Waals surface area contributed by atoms with E-state index in [1.165, 1.54) is 6.07 Å². The molecule has 0 aliphatic rings. The van der Waals surface area contributed by atoms with Gasteiger partial charge in [-0.1, -0.05) is 20.8 Å². The fraction of sp³-hybridized carbons (Fsp3) is 0.462. The van der Waals surface area contributed by atoms with E-state index in [0.717, 1.165) is 17.9 Å². The zero-order valence-electron chi connectivity index (χ0n) is 10.6. The van der Waals surface area contributed by atoms with Crippen molar-refractivity contribution in [1.29, 1.82) is 0 Å². The third-order valence-electron chi connectivity index (χ3n) is 2.62. The van der Waals surface area contributed by atoms with Crippen molar-refractivity contribution in [3.63, 3.8) is 0 Å². The van der Waals surface area contributed by atoms with Crippen molar-refractivity contribution in [3.8, 4) is 0 Å². The molecule has 18 heavy (non-hydrogen) atoms. The summed E-state index contributed by atoms with van der Waals surface area (Å²) in [6, 6.07) is 3.20. The van der Waals surface area contributed by atoms with E-state index < -0.39 is 0 Å². The molecule has 0 amide bonds. The average molecular weight is 334 g/mol. The van der Waals surface area contributed by atoms with Crippen molar-refractivity contribution >= 4 is 38.6 Å². The van der Waals surface area contributed by atoms with Gasteiger partial charge in [-0.3, -0.25) is 0 Å². The highest BCUT2D eigenvalue weighted by atomic mass is 79.9. The number of hydrogen-bond acceptors (Lipinski definition) is 1. The highest BCUT2D eigenvalue weighted by molar-refractivity contribution is 9.10. The molecule has 0 fully saturated rings. The van der Waals surface area contributed by atoms with Crippen molar-refractivity contribution in [2.24, 2.45) is 5.41 Å². The second-order valence-electron chi connectivity index (χ2n) is 5.56. The van der Waals surface area contributed by atoms with Crippen molar-refractivity contribution in [3.05, 3.63) is 28.2 Å². The first-order valence-corrected chi connectivity index (χ1v) is 7.05. The molecule has 0 aliphatic heterocycles. The Bertz CT molecular complexity index is 587. The summed E-state index contributed by atoms with van der Waals surface area (Å²) in [6.07, 6.45) is 0. The average Bonchev–Trinajstić information content (AvgIpc) is 2.55. The number of alkyl halides is 1. The topological polar surface area (TPSA) is 17.8 Å². The largest absolute Gasteiger partial charge is 0.326 e. The molecule has 0 unspecified atom stereocenters. The third kappa shape index (κ3) is 2.69. The van der Waals surface area contributed by atoms with Crippen LogP contribution >= 0.6 is 27.5 Å². The van der Waals surface area contributed by atoms with Gasteiger partial charge in [-0.2, -0.15) is 0 Å². The lowest BCUT2D eigenvalue weighted by atomic mass is 9.97. The molecule has 1 aromatic carbocycles. The number of nitrogens with zero attached hydrogens (tertiary/aromatic N) is 2. The maximum Gasteiger partial charge on any atom is 0.139 e. The van der Waals surface area contributed by atoms with Crippen LogP contribution in [0.2, 0.25) is 0 Å². The lowest BCUT2D eigenvalue weighted by Gasteiger charge is -2.20. The Kier molecular flexibility index (Phi) is 3.70. The molecule has 0 N–H and O–H groups in total. The van der Waals surface area contributed by atoms with Crippen LogP contribution in [-0.4, -0.2) is 9.55 Å². The van der Waals surface area contributed by atoms with Gasteiger partial charge in [-0.15, -0.1) is 11.6 Å². The van der Waals surface area contributed by atoms with Crippen LogP contribution in [0.4, 0.5) is 4.39 Å². The second kappa shape index (κ2) is 4.82. The van der Waals surface area contributed by atoms with Crippen LogP contribution in [0.1, 0.15) is 26.6 Å². The summed E-state index contributed by atoms with van der Waals surface area (Å²) in [5, 5.41) is 0. The minimum atomic E-state index is -0.302. The summed E-state index contributed by atoms with van der Waals surface area (Å²) in [5.74, 6) is 0.799. The second-order valence-corrected chi connectivity index (χ2v) is 6.69. The number of rotatable bonds is 2. The van der Waals surface area contributed by atoms with Gasteiger partial charge in [0, 0.05) is 12.6 Å². The predicted molar refractivity (Wildman–Crippen MR) is 76.4 cm³/mol. The van der Waals surface area contributed by atoms with Crippen LogP contribution in [0.5, 0.6) is 0 Å². The zero-order chi connectivity index (χ0) is 13.5. The molecule has 1 heterocycles. The summed E-state index contributed by atoms with van der Waals surface area (Å²) in [5.41, 5.74) is 1.67. The van der Waals surface area contributed by atoms with E-state index in [4.69, 9.17) is 11.6 Å². The van der Waals surface area contributed by atoms with Gasteiger partial charge in [-0.25, -0.2) is 9.37 Å². The summed E-state index contributed by atoms with van der Waals surface area (Å²) in [4.78, 5) is 4.39. The number of halogens is 3. The first-order chi connectivity index (χ1) is 8.31. The molecular weight excluding hydrogens is 319 g/mol. The fourth-order valence-corrected chi connectivity index (χ4v) is 2.46. The van der Waals surface area contributed by atoms with Gasteiger partial charge in [-0.05, 0) is 27.4 Å². The molecular formula is C13H15BrClFN2. The molecule has 0 aliphatic carbocycles. The van der Waals surface area contributed by atoms with Crippen LogP contribution in [0.3, 0.4) is 0 Å². The smallest absolute Gasteiger partial charge is 0.139 e. The van der Waals surface area contributed by atoms with E-state index >= 15 is 0 Å². The van der Waals surface area contributed by atoms with Crippen LogP contribution in [0.25, 0.3) is 11.0 Å². The monoisotopic (exact) mass is 332 g/mol. The van der Waals surface area contributed by atoms with E-state index in [0.29, 0.717) is 15.9 Å². The summed E-state index contributed by atoms with van der Waals surface area (Å²) < 4.78 is 16.0. The maximum absolute atomic E-state index is 13.5. The van der Waals surface area contributed by atoms with E-state index in [1.807, 2.05) is 0 Å². The SMILES string of the molecule is CC(C)(C)Cn1c(CCl)nc2cc(F)c(Br)cc21. The summed E-state index contributed by atoms with van der Waals surface area (Å²) in [6.45, 7) is 7.24. The maximum atomic E-state index is 13.5. The van der Waals surface area contributed by atoms with Gasteiger partial charge < -0.3 is 4.57 Å². The number of benzene rings is 1. The molecule has 2 aromatic rings. The Morgan fingerprint density at radius 1 is 1.39 bits per heavy atom. The van der Waals surface area contributed by atoms with Gasteiger partial charge in [0.15, 0.2) is 0 Å². The predicted octanol–water partition coefficient (Wildman–Crippen LogP) is 4.72. The van der Waals surface area contributed by atoms with Gasteiger partial charge in [0.05, 0.1) is 21.4 Å². The molecule has 98 valence electrons. The minimum absolute atomic E-state index is 0.106. The number of aromatic nitrogens is 2. The molecule has 2 nitrogen and oxygen atoms in total. The van der Waals surface area contributed by atoms with Crippen molar-refractivity contribution in [2.45, 2.75) is 33.2 Å². The molecule has 0 bridgehead atoms. The zero-order valence-corrected chi connectivity index (χ0v) is 12.9. The Morgan fingerprint density at radius 3 is 2.61 bits per heavy atom. The molecule has 0 saturated carbocycles. The number of imidazole rings is 1. The van der Waals surface area contributed by atoms with E-state index in [2.05, 4.69) is 46.3 Å². The lowest BCUT2D eigenvalue weighted by molar-refractivity contribution is 0.344. The van der Waals surface area contributed by atoms with Gasteiger partial charge in [0.2, 0.25) is 0 Å². The first-order valence-electron chi connectivity index (χ1n) is 5.72. The Labute approximate surface area is 119 Å². The summed E-state index contributed by atoms with van der Waals surface area (Å²) in [7, 11) is 0. The van der Waals surface area contributed by atoms with Crippen molar-refractivity contribution in [1.82, 2.24) is 9.55 Å². The van der Waals surface area contributed by atoms with Crippen LogP contribution in [0, 0.1) is 11.2 Å². The highest BCUT2D eigenvalue weighted by Crippen LogP contribution is 2.27. The molecule has 1 aromatic heterocycles. The molecule has 0 radical (unpaired) electrons. The van der Waals surface area contributed by atoms with Gasteiger partial charge in [0.1, 0.15) is 11.6 Å². The number of hydrogen-bond donors (Lipinski definition) is 0. The van der Waals surface area contributed by atoms with E-state index in [9.17, 15) is 4.39 Å². The van der Waals surface area contributed by atoms with Gasteiger partial charge in [0.25, 0.3) is 0 Å². The van der Waals surface area contributed by atoms with Crippen LogP contribution in [-0.2, 0) is 12.4 Å². The van der Waals surface area contributed by atoms with Gasteiger partial charge >= 0.3 is 0 Å². The highest BCUT2D eigenvalue weighted by Gasteiger charge is 2.18. The number of fused-ring (bicyclic) bond motifs is 1. The van der Waals surface area contributed by atoms with E-state index in [1.54, 1.807) is 6.07 Å². The standard InChI is InChI=1S/C13H15BrClFN2/c1-13(2,3)7-18-11-4-8(14)9(16)5-10(11)17-12(18)6-15/h4-5H,6-7H2,1-3H3. The first kappa shape index (κ1) is 13.8. The lowest BCUT2D eigenvalue weighted by Crippen LogP contribution is -2.17. The molecule has 0 saturated heterocycles. The fourth-order valence-electron chi connectivity index (χ4n) is 1.92. The van der Waals surface area contributed by atoms with Crippen LogP contribution < -0.4 is 0 Å². The normalized spacial score (nSPS) is 12.3. The van der Waals surface area contributed by atoms with Crippen molar-refractivity contribution < 1.29 is 4.39 Å². The third-order valence-corrected chi connectivity index (χ3v) is 3.47. The Morgan fingerprint density at radius 2 is 2.06 bits per heavy atom. The Balaban J connectivity index is 2.65. The minimum Gasteiger partial charge on any atom is -0.326 e. The van der Waals surface area contributed by atoms with E-state index in [-0.39, 0.29) is 11.2 Å². The molecule has 0 atom stereocenters.